The number of benzene rings is 3. The molecule has 0 unspecified atom stereocenters. The molecule has 0 nitrogen and oxygen atoms in total. The Hall–Kier alpha value is -1.82. The van der Waals surface area contributed by atoms with E-state index in [2.05, 4.69) is 65.0 Å². The summed E-state index contributed by atoms with van der Waals surface area (Å²) in [5.41, 5.74) is 7.04. The van der Waals surface area contributed by atoms with Gasteiger partial charge in [-0.1, -0.05) is 30.3 Å². The number of fused-ring (bicyclic) bond motifs is 2. The highest BCUT2D eigenvalue weighted by Gasteiger charge is 2.13. The second kappa shape index (κ2) is 4.09. The van der Waals surface area contributed by atoms with Gasteiger partial charge in [-0.05, 0) is 84.0 Å². The molecule has 19 heavy (non-hydrogen) atoms. The smallest absolute Gasteiger partial charge is 0.0111 e. The van der Waals surface area contributed by atoms with Crippen LogP contribution in [0, 0.1) is 34.6 Å². The van der Waals surface area contributed by atoms with Gasteiger partial charge >= 0.3 is 0 Å². The maximum absolute atomic E-state index is 2.32. The van der Waals surface area contributed by atoms with E-state index in [1.165, 1.54) is 49.4 Å². The van der Waals surface area contributed by atoms with E-state index in [1.807, 2.05) is 0 Å². The average molecular weight is 248 g/mol. The van der Waals surface area contributed by atoms with Crippen molar-refractivity contribution in [2.45, 2.75) is 34.6 Å². The van der Waals surface area contributed by atoms with Crippen LogP contribution in [0.1, 0.15) is 27.8 Å². The number of hydrogen-bond donors (Lipinski definition) is 0. The van der Waals surface area contributed by atoms with Gasteiger partial charge in [0.05, 0.1) is 0 Å². The van der Waals surface area contributed by atoms with Crippen molar-refractivity contribution in [2.24, 2.45) is 0 Å². The molecule has 3 aromatic rings. The zero-order chi connectivity index (χ0) is 13.7. The fourth-order valence-electron chi connectivity index (χ4n) is 3.45. The summed E-state index contributed by atoms with van der Waals surface area (Å²) in [5, 5.41) is 5.67. The molecule has 0 aliphatic heterocycles. The second-order valence-electron chi connectivity index (χ2n) is 5.68. The van der Waals surface area contributed by atoms with Gasteiger partial charge in [0.1, 0.15) is 0 Å². The molecule has 0 radical (unpaired) electrons. The molecule has 0 heterocycles. The van der Waals surface area contributed by atoms with Crippen molar-refractivity contribution >= 4 is 21.5 Å². The van der Waals surface area contributed by atoms with E-state index >= 15 is 0 Å². The molecular formula is C19H20. The summed E-state index contributed by atoms with van der Waals surface area (Å²) in [6.07, 6.45) is 0. The van der Waals surface area contributed by atoms with Crippen molar-refractivity contribution in [3.63, 3.8) is 0 Å². The third-order valence-corrected chi connectivity index (χ3v) is 4.53. The molecule has 0 bridgehead atoms. The monoisotopic (exact) mass is 248 g/mol. The summed E-state index contributed by atoms with van der Waals surface area (Å²) in [5.74, 6) is 0. The first-order valence-electron chi connectivity index (χ1n) is 6.90. The molecule has 0 aliphatic rings. The molecule has 0 spiro atoms. The van der Waals surface area contributed by atoms with Gasteiger partial charge < -0.3 is 0 Å². The minimum absolute atomic E-state index is 1.39. The predicted molar refractivity (Wildman–Crippen MR) is 85.1 cm³/mol. The third-order valence-electron chi connectivity index (χ3n) is 4.53. The SMILES string of the molecule is Cc1cc(C)c2c(C)c3ccccc3c(C)c2c1C. The van der Waals surface area contributed by atoms with Crippen LogP contribution in [-0.2, 0) is 0 Å². The Morgan fingerprint density at radius 2 is 1.11 bits per heavy atom. The third kappa shape index (κ3) is 1.59. The molecule has 0 aromatic heterocycles. The van der Waals surface area contributed by atoms with Crippen molar-refractivity contribution < 1.29 is 0 Å². The summed E-state index contributed by atoms with van der Waals surface area (Å²) in [6.45, 7) is 11.2. The minimum Gasteiger partial charge on any atom is -0.0616 e. The standard InChI is InChI=1S/C19H20/c1-11-10-12(2)18-14(4)16-8-6-7-9-17(16)15(5)19(18)13(11)3/h6-10H,1-5H3. The summed E-state index contributed by atoms with van der Waals surface area (Å²) in [6, 6.07) is 11.1. The fourth-order valence-corrected chi connectivity index (χ4v) is 3.45. The van der Waals surface area contributed by atoms with Crippen LogP contribution >= 0.6 is 0 Å². The molecule has 0 saturated carbocycles. The van der Waals surface area contributed by atoms with Crippen LogP contribution in [-0.4, -0.2) is 0 Å². The largest absolute Gasteiger partial charge is 0.0616 e. The molecule has 0 N–H and O–H groups in total. The van der Waals surface area contributed by atoms with Crippen LogP contribution in [0.15, 0.2) is 30.3 Å². The zero-order valence-corrected chi connectivity index (χ0v) is 12.4. The topological polar surface area (TPSA) is 0 Å². The first-order chi connectivity index (χ1) is 9.02. The Morgan fingerprint density at radius 3 is 1.68 bits per heavy atom. The molecule has 3 aromatic carbocycles. The van der Waals surface area contributed by atoms with Crippen molar-refractivity contribution in [3.05, 3.63) is 58.1 Å². The Labute approximate surface area is 115 Å². The lowest BCUT2D eigenvalue weighted by atomic mass is 9.87. The highest BCUT2D eigenvalue weighted by Crippen LogP contribution is 2.36. The number of aryl methyl sites for hydroxylation is 5. The second-order valence-corrected chi connectivity index (χ2v) is 5.68. The van der Waals surface area contributed by atoms with E-state index in [0.717, 1.165) is 0 Å². The summed E-state index contributed by atoms with van der Waals surface area (Å²) in [7, 11) is 0. The molecular weight excluding hydrogens is 228 g/mol. The van der Waals surface area contributed by atoms with Gasteiger partial charge in [0.2, 0.25) is 0 Å². The average Bonchev–Trinajstić information content (AvgIpc) is 2.40. The molecule has 0 heteroatoms. The number of rotatable bonds is 0. The molecule has 0 fully saturated rings. The maximum atomic E-state index is 2.32. The van der Waals surface area contributed by atoms with Crippen LogP contribution in [0.2, 0.25) is 0 Å². The van der Waals surface area contributed by atoms with E-state index in [-0.39, 0.29) is 0 Å². The first-order valence-corrected chi connectivity index (χ1v) is 6.90. The lowest BCUT2D eigenvalue weighted by Crippen LogP contribution is -1.95. The highest BCUT2D eigenvalue weighted by atomic mass is 14.2. The van der Waals surface area contributed by atoms with Gasteiger partial charge in [-0.3, -0.25) is 0 Å². The molecule has 96 valence electrons. The zero-order valence-electron chi connectivity index (χ0n) is 12.4. The van der Waals surface area contributed by atoms with Gasteiger partial charge in [-0.25, -0.2) is 0 Å². The van der Waals surface area contributed by atoms with Gasteiger partial charge in [-0.15, -0.1) is 0 Å². The minimum atomic E-state index is 1.39. The van der Waals surface area contributed by atoms with Crippen LogP contribution in [0.3, 0.4) is 0 Å². The Morgan fingerprint density at radius 1 is 0.579 bits per heavy atom. The normalized spacial score (nSPS) is 11.4. The van der Waals surface area contributed by atoms with E-state index in [4.69, 9.17) is 0 Å². The van der Waals surface area contributed by atoms with Crippen LogP contribution in [0.5, 0.6) is 0 Å². The lowest BCUT2D eigenvalue weighted by molar-refractivity contribution is 1.33. The van der Waals surface area contributed by atoms with E-state index in [1.54, 1.807) is 0 Å². The summed E-state index contributed by atoms with van der Waals surface area (Å²) < 4.78 is 0. The summed E-state index contributed by atoms with van der Waals surface area (Å²) in [4.78, 5) is 0. The highest BCUT2D eigenvalue weighted by molar-refractivity contribution is 6.08. The van der Waals surface area contributed by atoms with Gasteiger partial charge in [0.15, 0.2) is 0 Å². The molecule has 3 rings (SSSR count). The van der Waals surface area contributed by atoms with E-state index in [9.17, 15) is 0 Å². The predicted octanol–water partition coefficient (Wildman–Crippen LogP) is 5.54. The van der Waals surface area contributed by atoms with Gasteiger partial charge in [0.25, 0.3) is 0 Å². The lowest BCUT2D eigenvalue weighted by Gasteiger charge is -2.17. The van der Waals surface area contributed by atoms with Crippen LogP contribution in [0.25, 0.3) is 21.5 Å². The maximum Gasteiger partial charge on any atom is -0.0111 e. The molecule has 0 amide bonds. The molecule has 0 saturated heterocycles. The first kappa shape index (κ1) is 12.2. The fraction of sp³-hybridized carbons (Fsp3) is 0.263. The Kier molecular flexibility index (Phi) is 2.63. The van der Waals surface area contributed by atoms with Crippen molar-refractivity contribution in [2.75, 3.05) is 0 Å². The van der Waals surface area contributed by atoms with Gasteiger partial charge in [0, 0.05) is 0 Å². The van der Waals surface area contributed by atoms with Crippen LogP contribution < -0.4 is 0 Å². The quantitative estimate of drug-likeness (QED) is 0.458. The Bertz CT molecular complexity index is 807. The van der Waals surface area contributed by atoms with E-state index < -0.39 is 0 Å². The van der Waals surface area contributed by atoms with Crippen LogP contribution in [0.4, 0.5) is 0 Å². The Balaban J connectivity index is 2.72. The van der Waals surface area contributed by atoms with Gasteiger partial charge in [-0.2, -0.15) is 0 Å². The number of hydrogen-bond acceptors (Lipinski definition) is 0. The van der Waals surface area contributed by atoms with Crippen molar-refractivity contribution in [3.8, 4) is 0 Å². The van der Waals surface area contributed by atoms with E-state index in [0.29, 0.717) is 0 Å². The molecule has 0 atom stereocenters. The molecule has 0 aliphatic carbocycles. The van der Waals surface area contributed by atoms with Crippen molar-refractivity contribution in [1.82, 2.24) is 0 Å². The summed E-state index contributed by atoms with van der Waals surface area (Å²) >= 11 is 0. The van der Waals surface area contributed by atoms with Crippen molar-refractivity contribution in [1.29, 1.82) is 0 Å².